The number of aromatic amines is 1. The molecule has 2 aromatic heterocycles. The van der Waals surface area contributed by atoms with Gasteiger partial charge >= 0.3 is 0 Å². The quantitative estimate of drug-likeness (QED) is 0.744. The van der Waals surface area contributed by atoms with Gasteiger partial charge in [0, 0.05) is 11.5 Å². The minimum absolute atomic E-state index is 0.0510. The van der Waals surface area contributed by atoms with Crippen LogP contribution in [0, 0.1) is 6.92 Å². The Hall–Kier alpha value is -2.80. The van der Waals surface area contributed by atoms with Gasteiger partial charge in [0.1, 0.15) is 0 Å². The summed E-state index contributed by atoms with van der Waals surface area (Å²) in [6.45, 7) is 2.12. The number of pyridine rings is 1. The number of nitrogens with one attached hydrogen (secondary N) is 1. The molecule has 0 saturated carbocycles. The van der Waals surface area contributed by atoms with E-state index in [4.69, 9.17) is 9.47 Å². The van der Waals surface area contributed by atoms with Crippen molar-refractivity contribution < 1.29 is 14.6 Å². The number of methoxy groups -OCH3 is 2. The highest BCUT2D eigenvalue weighted by Gasteiger charge is 2.14. The highest BCUT2D eigenvalue weighted by atomic mass is 16.5. The molecule has 7 heteroatoms. The Morgan fingerprint density at radius 2 is 1.88 bits per heavy atom. The van der Waals surface area contributed by atoms with Crippen molar-refractivity contribution in [3.05, 3.63) is 40.3 Å². The minimum atomic E-state index is -0.228. The first-order chi connectivity index (χ1) is 11.6. The van der Waals surface area contributed by atoms with E-state index in [1.54, 1.807) is 31.0 Å². The Labute approximate surface area is 138 Å². The number of benzene rings is 1. The number of rotatable bonds is 5. The summed E-state index contributed by atoms with van der Waals surface area (Å²) < 4.78 is 12.2. The summed E-state index contributed by atoms with van der Waals surface area (Å²) >= 11 is 0. The third-order valence-electron chi connectivity index (χ3n) is 3.84. The molecule has 126 valence electrons. The number of ether oxygens (including phenoxy) is 2. The standard InChI is InChI=1S/C17H19N3O4/c1-10-6-14(20(19-10)4-5-21)12-7-11-8-15(23-2)16(24-3)9-13(11)18-17(12)22/h6-9,21H,4-5H2,1-3H3,(H,18,22). The van der Waals surface area contributed by atoms with Gasteiger partial charge in [0.15, 0.2) is 11.5 Å². The zero-order chi connectivity index (χ0) is 17.3. The van der Waals surface area contributed by atoms with Crippen LogP contribution >= 0.6 is 0 Å². The Morgan fingerprint density at radius 3 is 2.54 bits per heavy atom. The molecule has 0 aliphatic heterocycles. The van der Waals surface area contributed by atoms with Crippen LogP contribution in [-0.4, -0.2) is 40.7 Å². The number of aliphatic hydroxyl groups excluding tert-OH is 1. The second kappa shape index (κ2) is 6.37. The predicted octanol–water partition coefficient (Wildman–Crippen LogP) is 1.71. The number of aryl methyl sites for hydroxylation is 1. The molecule has 24 heavy (non-hydrogen) atoms. The van der Waals surface area contributed by atoms with Crippen molar-refractivity contribution in [3.63, 3.8) is 0 Å². The van der Waals surface area contributed by atoms with Crippen LogP contribution in [0.2, 0.25) is 0 Å². The lowest BCUT2D eigenvalue weighted by Gasteiger charge is -2.10. The van der Waals surface area contributed by atoms with Gasteiger partial charge in [-0.15, -0.1) is 0 Å². The van der Waals surface area contributed by atoms with E-state index in [9.17, 15) is 9.90 Å². The summed E-state index contributed by atoms with van der Waals surface area (Å²) in [5.41, 5.74) is 2.37. The molecule has 1 aromatic carbocycles. The van der Waals surface area contributed by atoms with E-state index in [1.165, 1.54) is 0 Å². The zero-order valence-corrected chi connectivity index (χ0v) is 13.8. The van der Waals surface area contributed by atoms with Gasteiger partial charge in [-0.2, -0.15) is 5.10 Å². The van der Waals surface area contributed by atoms with Crippen molar-refractivity contribution in [2.75, 3.05) is 20.8 Å². The average Bonchev–Trinajstić information content (AvgIpc) is 2.93. The van der Waals surface area contributed by atoms with Gasteiger partial charge in [-0.1, -0.05) is 0 Å². The number of hydrogen-bond donors (Lipinski definition) is 2. The fourth-order valence-electron chi connectivity index (χ4n) is 2.75. The first-order valence-electron chi connectivity index (χ1n) is 7.52. The van der Waals surface area contributed by atoms with Gasteiger partial charge in [-0.3, -0.25) is 9.48 Å². The number of aromatic nitrogens is 3. The van der Waals surface area contributed by atoms with E-state index in [0.29, 0.717) is 34.8 Å². The van der Waals surface area contributed by atoms with Crippen LogP contribution in [0.15, 0.2) is 29.1 Å². The van der Waals surface area contributed by atoms with Crippen molar-refractivity contribution in [2.45, 2.75) is 13.5 Å². The molecule has 0 aliphatic rings. The van der Waals surface area contributed by atoms with E-state index in [-0.39, 0.29) is 12.2 Å². The maximum Gasteiger partial charge on any atom is 0.257 e. The van der Waals surface area contributed by atoms with E-state index in [2.05, 4.69) is 10.1 Å². The van der Waals surface area contributed by atoms with Crippen LogP contribution in [0.4, 0.5) is 0 Å². The van der Waals surface area contributed by atoms with Crippen LogP contribution in [0.3, 0.4) is 0 Å². The number of hydrogen-bond acceptors (Lipinski definition) is 5. The second-order valence-electron chi connectivity index (χ2n) is 5.42. The van der Waals surface area contributed by atoms with Crippen molar-refractivity contribution in [1.82, 2.24) is 14.8 Å². The number of aliphatic hydroxyl groups is 1. The number of nitrogens with zero attached hydrogens (tertiary/aromatic N) is 2. The van der Waals surface area contributed by atoms with Crippen LogP contribution in [0.5, 0.6) is 11.5 Å². The predicted molar refractivity (Wildman–Crippen MR) is 90.7 cm³/mol. The van der Waals surface area contributed by atoms with Crippen molar-refractivity contribution in [1.29, 1.82) is 0 Å². The van der Waals surface area contributed by atoms with Crippen LogP contribution in [0.1, 0.15) is 5.69 Å². The highest BCUT2D eigenvalue weighted by molar-refractivity contribution is 5.86. The second-order valence-corrected chi connectivity index (χ2v) is 5.42. The third-order valence-corrected chi connectivity index (χ3v) is 3.84. The Bertz CT molecular complexity index is 943. The molecule has 0 atom stereocenters. The molecular weight excluding hydrogens is 310 g/mol. The van der Waals surface area contributed by atoms with E-state index >= 15 is 0 Å². The van der Waals surface area contributed by atoms with E-state index < -0.39 is 0 Å². The Balaban J connectivity index is 2.23. The fourth-order valence-corrected chi connectivity index (χ4v) is 2.75. The largest absolute Gasteiger partial charge is 0.493 e. The van der Waals surface area contributed by atoms with Crippen molar-refractivity contribution in [2.24, 2.45) is 0 Å². The summed E-state index contributed by atoms with van der Waals surface area (Å²) in [5.74, 6) is 1.14. The molecule has 3 rings (SSSR count). The molecule has 3 aromatic rings. The van der Waals surface area contributed by atoms with Crippen molar-refractivity contribution >= 4 is 10.9 Å². The lowest BCUT2D eigenvalue weighted by molar-refractivity contribution is 0.270. The van der Waals surface area contributed by atoms with Crippen LogP contribution < -0.4 is 15.0 Å². The zero-order valence-electron chi connectivity index (χ0n) is 13.8. The molecule has 0 aliphatic carbocycles. The number of fused-ring (bicyclic) bond motifs is 1. The van der Waals surface area contributed by atoms with Gasteiger partial charge in [0.2, 0.25) is 0 Å². The number of H-pyrrole nitrogens is 1. The van der Waals surface area contributed by atoms with Crippen molar-refractivity contribution in [3.8, 4) is 22.8 Å². The summed E-state index contributed by atoms with van der Waals surface area (Å²) in [4.78, 5) is 15.4. The van der Waals surface area contributed by atoms with Gasteiger partial charge in [-0.05, 0) is 25.1 Å². The monoisotopic (exact) mass is 329 g/mol. The van der Waals surface area contributed by atoms with E-state index in [1.807, 2.05) is 19.1 Å². The van der Waals surface area contributed by atoms with Gasteiger partial charge < -0.3 is 19.6 Å². The van der Waals surface area contributed by atoms with Gasteiger partial charge in [0.25, 0.3) is 5.56 Å². The molecule has 0 fully saturated rings. The maximum absolute atomic E-state index is 12.5. The molecule has 7 nitrogen and oxygen atoms in total. The first kappa shape index (κ1) is 16.1. The molecule has 0 spiro atoms. The lowest BCUT2D eigenvalue weighted by Crippen LogP contribution is -2.13. The first-order valence-corrected chi connectivity index (χ1v) is 7.52. The Kier molecular flexibility index (Phi) is 4.26. The maximum atomic E-state index is 12.5. The van der Waals surface area contributed by atoms with E-state index in [0.717, 1.165) is 11.1 Å². The minimum Gasteiger partial charge on any atom is -0.493 e. The lowest BCUT2D eigenvalue weighted by atomic mass is 10.1. The molecule has 0 radical (unpaired) electrons. The molecule has 0 amide bonds. The normalized spacial score (nSPS) is 11.0. The summed E-state index contributed by atoms with van der Waals surface area (Å²) in [6.07, 6.45) is 0. The topological polar surface area (TPSA) is 89.4 Å². The average molecular weight is 329 g/mol. The Morgan fingerprint density at radius 1 is 1.17 bits per heavy atom. The van der Waals surface area contributed by atoms with Crippen LogP contribution in [0.25, 0.3) is 22.2 Å². The summed E-state index contributed by atoms with van der Waals surface area (Å²) in [5, 5.41) is 14.3. The molecule has 2 N–H and O–H groups in total. The molecule has 0 bridgehead atoms. The summed E-state index contributed by atoms with van der Waals surface area (Å²) in [6, 6.07) is 7.16. The molecule has 2 heterocycles. The molecular formula is C17H19N3O4. The van der Waals surface area contributed by atoms with Gasteiger partial charge in [-0.25, -0.2) is 0 Å². The third kappa shape index (κ3) is 2.74. The fraction of sp³-hybridized carbons (Fsp3) is 0.294. The molecule has 0 saturated heterocycles. The van der Waals surface area contributed by atoms with Crippen LogP contribution in [-0.2, 0) is 6.54 Å². The SMILES string of the molecule is COc1cc2cc(-c3cc(C)nn3CCO)c(=O)[nH]c2cc1OC. The molecule has 0 unspecified atom stereocenters. The van der Waals surface area contributed by atoms with Gasteiger partial charge in [0.05, 0.1) is 49.8 Å². The smallest absolute Gasteiger partial charge is 0.257 e. The highest BCUT2D eigenvalue weighted by Crippen LogP contribution is 2.32. The summed E-state index contributed by atoms with van der Waals surface area (Å²) in [7, 11) is 3.11.